The molecular formula is C17H20N2O. The molecule has 1 saturated carbocycles. The predicted octanol–water partition coefficient (Wildman–Crippen LogP) is 3.13. The van der Waals surface area contributed by atoms with Crippen LogP contribution in [-0.2, 0) is 11.2 Å². The smallest absolute Gasteiger partial charge is 0.261 e. The van der Waals surface area contributed by atoms with E-state index >= 15 is 0 Å². The Bertz CT molecular complexity index is 518. The third-order valence-corrected chi connectivity index (χ3v) is 3.69. The van der Waals surface area contributed by atoms with E-state index in [0.29, 0.717) is 12.1 Å². The number of amides is 1. The molecule has 3 heteroatoms. The fourth-order valence-corrected chi connectivity index (χ4v) is 2.57. The van der Waals surface area contributed by atoms with E-state index in [1.807, 2.05) is 30.3 Å². The van der Waals surface area contributed by atoms with Crippen molar-refractivity contribution in [2.45, 2.75) is 38.5 Å². The molecule has 0 aromatic heterocycles. The fourth-order valence-electron chi connectivity index (χ4n) is 2.57. The van der Waals surface area contributed by atoms with Gasteiger partial charge in [0.25, 0.3) is 5.91 Å². The SMILES string of the molecule is N#CC(C(=O)NCCc1ccccc1)=C1CCCCC1. The minimum atomic E-state index is -0.208. The molecule has 0 spiro atoms. The molecule has 1 N–H and O–H groups in total. The molecule has 0 atom stereocenters. The molecule has 1 aromatic carbocycles. The van der Waals surface area contributed by atoms with Crippen LogP contribution < -0.4 is 5.32 Å². The summed E-state index contributed by atoms with van der Waals surface area (Å²) < 4.78 is 0. The summed E-state index contributed by atoms with van der Waals surface area (Å²) in [6.07, 6.45) is 5.98. The van der Waals surface area contributed by atoms with Crippen molar-refractivity contribution in [2.24, 2.45) is 0 Å². The van der Waals surface area contributed by atoms with Crippen LogP contribution in [-0.4, -0.2) is 12.5 Å². The van der Waals surface area contributed by atoms with E-state index in [2.05, 4.69) is 11.4 Å². The normalized spacial score (nSPS) is 14.4. The molecule has 0 bridgehead atoms. The van der Waals surface area contributed by atoms with E-state index < -0.39 is 0 Å². The van der Waals surface area contributed by atoms with Gasteiger partial charge in [-0.1, -0.05) is 36.8 Å². The van der Waals surface area contributed by atoms with Gasteiger partial charge in [-0.15, -0.1) is 0 Å². The quantitative estimate of drug-likeness (QED) is 0.673. The van der Waals surface area contributed by atoms with Gasteiger partial charge in [-0.05, 0) is 43.2 Å². The fraction of sp³-hybridized carbons (Fsp3) is 0.412. The number of rotatable bonds is 4. The lowest BCUT2D eigenvalue weighted by atomic mass is 9.91. The second kappa shape index (κ2) is 7.49. The van der Waals surface area contributed by atoms with Gasteiger partial charge in [0.15, 0.2) is 0 Å². The number of nitrogens with one attached hydrogen (secondary N) is 1. The molecule has 104 valence electrons. The molecule has 2 rings (SSSR count). The van der Waals surface area contributed by atoms with Crippen LogP contribution in [0.2, 0.25) is 0 Å². The lowest BCUT2D eigenvalue weighted by Crippen LogP contribution is -2.27. The lowest BCUT2D eigenvalue weighted by Gasteiger charge is -2.15. The first-order chi connectivity index (χ1) is 9.81. The first-order valence-electron chi connectivity index (χ1n) is 7.25. The van der Waals surface area contributed by atoms with E-state index in [1.165, 1.54) is 12.0 Å². The van der Waals surface area contributed by atoms with Gasteiger partial charge >= 0.3 is 0 Å². The van der Waals surface area contributed by atoms with Gasteiger partial charge in [-0.3, -0.25) is 4.79 Å². The standard InChI is InChI=1S/C17H20N2O/c18-13-16(15-9-5-2-6-10-15)17(20)19-12-11-14-7-3-1-4-8-14/h1,3-4,7-8H,2,5-6,9-12H2,(H,19,20). The van der Waals surface area contributed by atoms with Crippen molar-refractivity contribution in [3.63, 3.8) is 0 Å². The summed E-state index contributed by atoms with van der Waals surface area (Å²) in [5, 5.41) is 12.1. The number of nitrogens with zero attached hydrogens (tertiary/aromatic N) is 1. The van der Waals surface area contributed by atoms with E-state index in [9.17, 15) is 10.1 Å². The molecule has 0 radical (unpaired) electrons. The van der Waals surface area contributed by atoms with Crippen LogP contribution in [0.1, 0.15) is 37.7 Å². The summed E-state index contributed by atoms with van der Waals surface area (Å²) in [6.45, 7) is 0.571. The van der Waals surface area contributed by atoms with Crippen LogP contribution in [0.5, 0.6) is 0 Å². The van der Waals surface area contributed by atoms with E-state index in [1.54, 1.807) is 0 Å². The highest BCUT2D eigenvalue weighted by molar-refractivity contribution is 5.98. The molecule has 1 aliphatic rings. The predicted molar refractivity (Wildman–Crippen MR) is 78.9 cm³/mol. The van der Waals surface area contributed by atoms with Crippen LogP contribution in [0.25, 0.3) is 0 Å². The van der Waals surface area contributed by atoms with E-state index in [4.69, 9.17) is 0 Å². The minimum Gasteiger partial charge on any atom is -0.351 e. The maximum Gasteiger partial charge on any atom is 0.261 e. The summed E-state index contributed by atoms with van der Waals surface area (Å²) in [7, 11) is 0. The van der Waals surface area contributed by atoms with Gasteiger partial charge < -0.3 is 5.32 Å². The lowest BCUT2D eigenvalue weighted by molar-refractivity contribution is -0.117. The number of hydrogen-bond acceptors (Lipinski definition) is 2. The Labute approximate surface area is 120 Å². The number of nitriles is 1. The Balaban J connectivity index is 1.89. The highest BCUT2D eigenvalue weighted by atomic mass is 16.1. The van der Waals surface area contributed by atoms with Crippen LogP contribution in [0.3, 0.4) is 0 Å². The number of carbonyl (C=O) groups is 1. The molecule has 0 saturated heterocycles. The van der Waals surface area contributed by atoms with Gasteiger partial charge in [0.2, 0.25) is 0 Å². The van der Waals surface area contributed by atoms with E-state index in [0.717, 1.165) is 37.7 Å². The maximum atomic E-state index is 12.1. The van der Waals surface area contributed by atoms with Crippen molar-refractivity contribution in [3.8, 4) is 6.07 Å². The van der Waals surface area contributed by atoms with Crippen molar-refractivity contribution in [2.75, 3.05) is 6.54 Å². The molecule has 1 fully saturated rings. The summed E-state index contributed by atoms with van der Waals surface area (Å²) >= 11 is 0. The van der Waals surface area contributed by atoms with Crippen molar-refractivity contribution >= 4 is 5.91 Å². The second-order valence-electron chi connectivity index (χ2n) is 5.14. The van der Waals surface area contributed by atoms with Crippen molar-refractivity contribution in [3.05, 3.63) is 47.0 Å². The monoisotopic (exact) mass is 268 g/mol. The summed E-state index contributed by atoms with van der Waals surface area (Å²) in [4.78, 5) is 12.1. The molecular weight excluding hydrogens is 248 g/mol. The Kier molecular flexibility index (Phi) is 5.37. The molecule has 3 nitrogen and oxygen atoms in total. The average molecular weight is 268 g/mol. The highest BCUT2D eigenvalue weighted by Gasteiger charge is 2.16. The topological polar surface area (TPSA) is 52.9 Å². The zero-order valence-corrected chi connectivity index (χ0v) is 11.7. The first-order valence-corrected chi connectivity index (χ1v) is 7.25. The number of allylic oxidation sites excluding steroid dienone is 1. The minimum absolute atomic E-state index is 0.208. The van der Waals surface area contributed by atoms with Crippen LogP contribution in [0, 0.1) is 11.3 Å². The highest BCUT2D eigenvalue weighted by Crippen LogP contribution is 2.25. The van der Waals surface area contributed by atoms with Gasteiger partial charge in [-0.2, -0.15) is 5.26 Å². The molecule has 0 heterocycles. The number of hydrogen-bond donors (Lipinski definition) is 1. The zero-order chi connectivity index (χ0) is 14.2. The Morgan fingerprint density at radius 2 is 1.85 bits per heavy atom. The second-order valence-corrected chi connectivity index (χ2v) is 5.14. The van der Waals surface area contributed by atoms with Crippen molar-refractivity contribution in [1.82, 2.24) is 5.32 Å². The number of benzene rings is 1. The third-order valence-electron chi connectivity index (χ3n) is 3.69. The molecule has 1 aromatic rings. The van der Waals surface area contributed by atoms with Crippen LogP contribution >= 0.6 is 0 Å². The van der Waals surface area contributed by atoms with Gasteiger partial charge in [0.05, 0.1) is 0 Å². The molecule has 20 heavy (non-hydrogen) atoms. The summed E-state index contributed by atoms with van der Waals surface area (Å²) in [5.41, 5.74) is 2.57. The first kappa shape index (κ1) is 14.3. The van der Waals surface area contributed by atoms with E-state index in [-0.39, 0.29) is 5.91 Å². The van der Waals surface area contributed by atoms with Crippen LogP contribution in [0.15, 0.2) is 41.5 Å². The molecule has 0 aliphatic heterocycles. The van der Waals surface area contributed by atoms with Crippen molar-refractivity contribution in [1.29, 1.82) is 5.26 Å². The summed E-state index contributed by atoms with van der Waals surface area (Å²) in [6, 6.07) is 12.1. The Morgan fingerprint density at radius 1 is 1.15 bits per heavy atom. The van der Waals surface area contributed by atoms with Crippen molar-refractivity contribution < 1.29 is 4.79 Å². The van der Waals surface area contributed by atoms with Gasteiger partial charge in [-0.25, -0.2) is 0 Å². The van der Waals surface area contributed by atoms with Crippen LogP contribution in [0.4, 0.5) is 0 Å². The third kappa shape index (κ3) is 3.96. The Morgan fingerprint density at radius 3 is 2.50 bits per heavy atom. The van der Waals surface area contributed by atoms with Gasteiger partial charge in [0, 0.05) is 6.54 Å². The largest absolute Gasteiger partial charge is 0.351 e. The van der Waals surface area contributed by atoms with Gasteiger partial charge in [0.1, 0.15) is 11.6 Å². The average Bonchev–Trinajstić information content (AvgIpc) is 2.50. The Hall–Kier alpha value is -2.08. The molecule has 1 amide bonds. The maximum absolute atomic E-state index is 12.1. The summed E-state index contributed by atoms with van der Waals surface area (Å²) in [5.74, 6) is -0.208. The molecule has 0 unspecified atom stereocenters. The molecule has 1 aliphatic carbocycles. The zero-order valence-electron chi connectivity index (χ0n) is 11.7. The number of carbonyl (C=O) groups excluding carboxylic acids is 1.